The summed E-state index contributed by atoms with van der Waals surface area (Å²) in [4.78, 5) is 6.24. The molecule has 4 nitrogen and oxygen atoms in total. The van der Waals surface area contributed by atoms with Crippen molar-refractivity contribution in [1.29, 1.82) is 0 Å². The predicted octanol–water partition coefficient (Wildman–Crippen LogP) is 10.3. The SMILES string of the molecule is C1=CNCC(c2cc(C3=CNCC=C3)cc(-c3c4ccccc4c(-c4ccc5nc6c7ccccc7sc6n5c4)c4ccccc34)c2)=C1. The zero-order valence-corrected chi connectivity index (χ0v) is 26.9. The number of pyridine rings is 1. The van der Waals surface area contributed by atoms with E-state index in [2.05, 4.69) is 155 Å². The van der Waals surface area contributed by atoms with E-state index in [0.717, 1.165) is 24.3 Å². The van der Waals surface area contributed by atoms with Gasteiger partial charge in [0, 0.05) is 35.6 Å². The van der Waals surface area contributed by atoms with Crippen LogP contribution in [0, 0.1) is 0 Å². The first kappa shape index (κ1) is 27.2. The number of allylic oxidation sites excluding steroid dienone is 4. The van der Waals surface area contributed by atoms with Crippen LogP contribution >= 0.6 is 11.3 Å². The summed E-state index contributed by atoms with van der Waals surface area (Å²) in [6, 6.07) is 37.9. The highest BCUT2D eigenvalue weighted by Crippen LogP contribution is 2.45. The third kappa shape index (κ3) is 4.25. The number of thiophene rings is 1. The summed E-state index contributed by atoms with van der Waals surface area (Å²) in [5.74, 6) is 0. The van der Waals surface area contributed by atoms with E-state index >= 15 is 0 Å². The number of hydrogen-bond donors (Lipinski definition) is 2. The van der Waals surface area contributed by atoms with Crippen molar-refractivity contribution in [2.45, 2.75) is 0 Å². The summed E-state index contributed by atoms with van der Waals surface area (Å²) in [5.41, 5.74) is 11.9. The van der Waals surface area contributed by atoms with Gasteiger partial charge in [0.2, 0.25) is 0 Å². The molecule has 3 aromatic heterocycles. The lowest BCUT2D eigenvalue weighted by atomic mass is 9.84. The minimum absolute atomic E-state index is 0.802. The Hall–Kier alpha value is -5.91. The van der Waals surface area contributed by atoms with Gasteiger partial charge in [0.15, 0.2) is 0 Å². The van der Waals surface area contributed by atoms with E-state index in [4.69, 9.17) is 4.98 Å². The highest BCUT2D eigenvalue weighted by molar-refractivity contribution is 7.25. The average Bonchev–Trinajstić information content (AvgIpc) is 3.70. The first-order valence-electron chi connectivity index (χ1n) is 16.4. The number of imidazole rings is 1. The Morgan fingerprint density at radius 2 is 1.35 bits per heavy atom. The van der Waals surface area contributed by atoms with Gasteiger partial charge in [-0.1, -0.05) is 85.0 Å². The topological polar surface area (TPSA) is 41.4 Å². The van der Waals surface area contributed by atoms with Crippen molar-refractivity contribution in [2.24, 2.45) is 0 Å². The molecule has 0 atom stereocenters. The molecule has 0 fully saturated rings. The summed E-state index contributed by atoms with van der Waals surface area (Å²) in [6.45, 7) is 1.66. The molecule has 48 heavy (non-hydrogen) atoms. The van der Waals surface area contributed by atoms with Crippen LogP contribution in [0.5, 0.6) is 0 Å². The van der Waals surface area contributed by atoms with Gasteiger partial charge in [0.05, 0.1) is 0 Å². The summed E-state index contributed by atoms with van der Waals surface area (Å²) in [6.07, 6.45) is 15.2. The van der Waals surface area contributed by atoms with Crippen LogP contribution in [0.3, 0.4) is 0 Å². The minimum Gasteiger partial charge on any atom is -0.387 e. The molecule has 0 amide bonds. The zero-order valence-electron chi connectivity index (χ0n) is 26.1. The van der Waals surface area contributed by atoms with Gasteiger partial charge in [0.25, 0.3) is 0 Å². The van der Waals surface area contributed by atoms with E-state index in [1.807, 2.05) is 17.5 Å². The second kappa shape index (κ2) is 10.8. The normalized spacial score (nSPS) is 14.5. The molecule has 2 aliphatic rings. The van der Waals surface area contributed by atoms with Crippen molar-refractivity contribution < 1.29 is 0 Å². The highest BCUT2D eigenvalue weighted by atomic mass is 32.1. The molecule has 2 aliphatic heterocycles. The van der Waals surface area contributed by atoms with E-state index < -0.39 is 0 Å². The fourth-order valence-corrected chi connectivity index (χ4v) is 8.61. The smallest absolute Gasteiger partial charge is 0.138 e. The van der Waals surface area contributed by atoms with Crippen molar-refractivity contribution in [2.75, 3.05) is 13.1 Å². The molecule has 0 radical (unpaired) electrons. The third-order valence-corrected chi connectivity index (χ3v) is 10.8. The van der Waals surface area contributed by atoms with Crippen molar-refractivity contribution in [3.05, 3.63) is 157 Å². The molecular weight excluding hydrogens is 605 g/mol. The first-order chi connectivity index (χ1) is 23.8. The number of rotatable bonds is 4. The first-order valence-corrected chi connectivity index (χ1v) is 17.2. The van der Waals surface area contributed by atoms with Crippen LogP contribution in [0.1, 0.15) is 11.1 Å². The molecular formula is C43H30N4S. The van der Waals surface area contributed by atoms with Gasteiger partial charge in [0.1, 0.15) is 16.0 Å². The van der Waals surface area contributed by atoms with E-state index in [0.29, 0.717) is 0 Å². The number of nitrogens with one attached hydrogen (secondary N) is 2. The molecule has 0 aliphatic carbocycles. The number of benzene rings is 5. The Labute approximate surface area is 281 Å². The van der Waals surface area contributed by atoms with Crippen molar-refractivity contribution in [3.63, 3.8) is 0 Å². The van der Waals surface area contributed by atoms with Crippen LogP contribution in [-0.4, -0.2) is 22.5 Å². The number of fused-ring (bicyclic) bond motifs is 7. The standard InChI is InChI=1S/C43H30N4S/c1-3-13-35-33(11-1)40(29-17-18-39-46-42-37-15-5-6-16-38(37)48-43(42)47(39)26-29)34-12-2-4-14-36(34)41(35)32-22-30(27-9-7-19-44-24-27)21-31(23-32)28-10-8-20-45-25-28/h1-19,21-23,25-26,44-45H,20,24H2. The lowest BCUT2D eigenvalue weighted by Crippen LogP contribution is -2.12. The van der Waals surface area contributed by atoms with E-state index in [-0.39, 0.29) is 0 Å². The second-order valence-corrected chi connectivity index (χ2v) is 13.5. The number of dihydropyridines is 2. The largest absolute Gasteiger partial charge is 0.387 e. The maximum absolute atomic E-state index is 5.06. The van der Waals surface area contributed by atoms with Gasteiger partial charge in [-0.05, 0) is 115 Å². The highest BCUT2D eigenvalue weighted by Gasteiger charge is 2.20. The van der Waals surface area contributed by atoms with Gasteiger partial charge in [-0.2, -0.15) is 0 Å². The molecule has 5 aromatic carbocycles. The Morgan fingerprint density at radius 1 is 0.667 bits per heavy atom. The van der Waals surface area contributed by atoms with Gasteiger partial charge < -0.3 is 10.6 Å². The molecule has 5 heterocycles. The number of nitrogens with zero attached hydrogens (tertiary/aromatic N) is 2. The number of hydrogen-bond acceptors (Lipinski definition) is 4. The summed E-state index contributed by atoms with van der Waals surface area (Å²) >= 11 is 1.81. The van der Waals surface area contributed by atoms with Crippen LogP contribution in [-0.2, 0) is 0 Å². The van der Waals surface area contributed by atoms with Crippen molar-refractivity contribution in [1.82, 2.24) is 20.0 Å². The van der Waals surface area contributed by atoms with E-state index in [1.165, 1.54) is 81.0 Å². The Morgan fingerprint density at radius 3 is 2.06 bits per heavy atom. The van der Waals surface area contributed by atoms with Crippen LogP contribution in [0.4, 0.5) is 0 Å². The van der Waals surface area contributed by atoms with Crippen LogP contribution < -0.4 is 10.6 Å². The Balaban J connectivity index is 1.25. The van der Waals surface area contributed by atoms with E-state index in [1.54, 1.807) is 0 Å². The van der Waals surface area contributed by atoms with Crippen molar-refractivity contribution >= 4 is 70.1 Å². The summed E-state index contributed by atoms with van der Waals surface area (Å²) in [5, 5.41) is 13.0. The summed E-state index contributed by atoms with van der Waals surface area (Å²) in [7, 11) is 0. The quantitative estimate of drug-likeness (QED) is 0.189. The van der Waals surface area contributed by atoms with E-state index in [9.17, 15) is 0 Å². The Bertz CT molecular complexity index is 2680. The van der Waals surface area contributed by atoms with Gasteiger partial charge in [-0.15, -0.1) is 11.3 Å². The summed E-state index contributed by atoms with van der Waals surface area (Å²) < 4.78 is 3.55. The van der Waals surface area contributed by atoms with Gasteiger partial charge in [-0.3, -0.25) is 4.40 Å². The molecule has 8 aromatic rings. The molecule has 0 saturated carbocycles. The van der Waals surface area contributed by atoms with Gasteiger partial charge in [-0.25, -0.2) is 4.98 Å². The zero-order chi connectivity index (χ0) is 31.6. The monoisotopic (exact) mass is 634 g/mol. The maximum atomic E-state index is 5.06. The molecule has 5 heteroatoms. The fraction of sp³-hybridized carbons (Fsp3) is 0.0465. The predicted molar refractivity (Wildman–Crippen MR) is 204 cm³/mol. The van der Waals surface area contributed by atoms with Crippen LogP contribution in [0.25, 0.3) is 81.0 Å². The van der Waals surface area contributed by atoms with Crippen LogP contribution in [0.15, 0.2) is 146 Å². The molecule has 0 unspecified atom stereocenters. The molecule has 0 saturated heterocycles. The minimum atomic E-state index is 0.802. The lowest BCUT2D eigenvalue weighted by molar-refractivity contribution is 0.976. The van der Waals surface area contributed by atoms with Crippen LogP contribution in [0.2, 0.25) is 0 Å². The second-order valence-electron chi connectivity index (χ2n) is 12.5. The molecule has 228 valence electrons. The molecule has 0 bridgehead atoms. The fourth-order valence-electron chi connectivity index (χ4n) is 7.48. The molecule has 0 spiro atoms. The molecule has 10 rings (SSSR count). The Kier molecular flexibility index (Phi) is 6.14. The average molecular weight is 635 g/mol. The third-order valence-electron chi connectivity index (χ3n) is 9.66. The lowest BCUT2D eigenvalue weighted by Gasteiger charge is -2.20. The molecule has 2 N–H and O–H groups in total. The maximum Gasteiger partial charge on any atom is 0.138 e. The number of aromatic nitrogens is 2. The van der Waals surface area contributed by atoms with Gasteiger partial charge >= 0.3 is 0 Å². The van der Waals surface area contributed by atoms with Crippen molar-refractivity contribution in [3.8, 4) is 22.3 Å².